The number of hydrogen-bond acceptors (Lipinski definition) is 6. The van der Waals surface area contributed by atoms with E-state index >= 15 is 0 Å². The van der Waals surface area contributed by atoms with Gasteiger partial charge in [0.2, 0.25) is 0 Å². The fourth-order valence-corrected chi connectivity index (χ4v) is 4.57. The molecule has 0 amide bonds. The van der Waals surface area contributed by atoms with Crippen LogP contribution in [-0.4, -0.2) is 47.5 Å². The Kier molecular flexibility index (Phi) is 5.70. The summed E-state index contributed by atoms with van der Waals surface area (Å²) >= 11 is 0. The van der Waals surface area contributed by atoms with Gasteiger partial charge >= 0.3 is 7.12 Å². The molecule has 1 aliphatic heterocycles. The predicted octanol–water partition coefficient (Wildman–Crippen LogP) is 4.07. The van der Waals surface area contributed by atoms with E-state index in [1.54, 1.807) is 12.4 Å². The number of fused-ring (bicyclic) bond motifs is 3. The van der Waals surface area contributed by atoms with Gasteiger partial charge in [-0.15, -0.1) is 0 Å². The van der Waals surface area contributed by atoms with Gasteiger partial charge in [-0.3, -0.25) is 4.57 Å². The van der Waals surface area contributed by atoms with E-state index < -0.39 is 26.4 Å². The summed E-state index contributed by atoms with van der Waals surface area (Å²) in [5, 5.41) is 11.3. The lowest BCUT2D eigenvalue weighted by Crippen LogP contribution is -2.41. The zero-order valence-electron chi connectivity index (χ0n) is 20.0. The van der Waals surface area contributed by atoms with Crippen LogP contribution in [0.15, 0.2) is 24.5 Å². The third kappa shape index (κ3) is 4.08. The molecule has 0 radical (unpaired) electrons. The average molecular weight is 450 g/mol. The normalized spacial score (nSPS) is 17.9. The fraction of sp³-hybridized carbons (Fsp3) is 0.522. The molecule has 3 aromatic heterocycles. The largest absolute Gasteiger partial charge is 0.495 e. The van der Waals surface area contributed by atoms with E-state index in [9.17, 15) is 5.26 Å². The number of aromatic nitrogens is 3. The summed E-state index contributed by atoms with van der Waals surface area (Å²) in [4.78, 5) is 8.98. The van der Waals surface area contributed by atoms with Gasteiger partial charge in [-0.25, -0.2) is 9.97 Å². The van der Waals surface area contributed by atoms with Gasteiger partial charge in [0.1, 0.15) is 24.1 Å². The highest BCUT2D eigenvalue weighted by atomic mass is 28.3. The highest BCUT2D eigenvalue weighted by molar-refractivity contribution is 6.76. The van der Waals surface area contributed by atoms with E-state index in [0.717, 1.165) is 33.4 Å². The number of hydrogen-bond donors (Lipinski definition) is 0. The standard InChI is InChI=1S/C23H31BN4O3Si/c1-22(2)23(3,4)31-24(30-22)18-8-9-26-21-20(18)17-12-16(13-25)27-14-19(17)28(21)15-29-10-11-32(5,6)7/h8-9,12,14H,10-11,15H2,1-7H3. The summed E-state index contributed by atoms with van der Waals surface area (Å²) < 4.78 is 20.8. The van der Waals surface area contributed by atoms with Crippen LogP contribution >= 0.6 is 0 Å². The number of nitriles is 1. The first-order valence-corrected chi connectivity index (χ1v) is 14.7. The fourth-order valence-electron chi connectivity index (χ4n) is 3.82. The van der Waals surface area contributed by atoms with Crippen LogP contribution in [0.4, 0.5) is 0 Å². The Balaban J connectivity index is 1.82. The van der Waals surface area contributed by atoms with Crippen molar-refractivity contribution in [2.75, 3.05) is 6.61 Å². The molecule has 0 atom stereocenters. The zero-order chi connectivity index (χ0) is 23.3. The molecular weight excluding hydrogens is 419 g/mol. The minimum Gasteiger partial charge on any atom is -0.399 e. The lowest BCUT2D eigenvalue weighted by molar-refractivity contribution is 0.00578. The first-order valence-electron chi connectivity index (χ1n) is 11.0. The van der Waals surface area contributed by atoms with Gasteiger partial charge in [0, 0.05) is 31.7 Å². The lowest BCUT2D eigenvalue weighted by Gasteiger charge is -2.32. The van der Waals surface area contributed by atoms with Gasteiger partial charge in [0.05, 0.1) is 22.9 Å². The summed E-state index contributed by atoms with van der Waals surface area (Å²) in [6, 6.07) is 6.99. The average Bonchev–Trinajstić information content (AvgIpc) is 3.13. The zero-order valence-corrected chi connectivity index (χ0v) is 21.0. The topological polar surface area (TPSA) is 82.2 Å². The Morgan fingerprint density at radius 3 is 2.47 bits per heavy atom. The second kappa shape index (κ2) is 7.96. The third-order valence-corrected chi connectivity index (χ3v) is 8.20. The Bertz CT molecular complexity index is 1190. The van der Waals surface area contributed by atoms with Crippen molar-refractivity contribution in [2.45, 2.75) is 71.3 Å². The Morgan fingerprint density at radius 2 is 1.84 bits per heavy atom. The predicted molar refractivity (Wildman–Crippen MR) is 130 cm³/mol. The lowest BCUT2D eigenvalue weighted by atomic mass is 9.77. The number of rotatable bonds is 6. The van der Waals surface area contributed by atoms with Crippen molar-refractivity contribution in [1.29, 1.82) is 5.26 Å². The second-order valence-electron chi connectivity index (χ2n) is 10.7. The van der Waals surface area contributed by atoms with Crippen molar-refractivity contribution in [3.8, 4) is 6.07 Å². The van der Waals surface area contributed by atoms with Crippen molar-refractivity contribution in [1.82, 2.24) is 14.5 Å². The Hall–Kier alpha value is -2.25. The molecule has 32 heavy (non-hydrogen) atoms. The third-order valence-electron chi connectivity index (χ3n) is 6.50. The molecule has 0 saturated carbocycles. The molecular formula is C23H31BN4O3Si. The first-order chi connectivity index (χ1) is 14.9. The van der Waals surface area contributed by atoms with Crippen LogP contribution in [-0.2, 0) is 20.8 Å². The molecule has 0 aliphatic carbocycles. The van der Waals surface area contributed by atoms with E-state index in [-0.39, 0.29) is 0 Å². The maximum atomic E-state index is 9.44. The minimum atomic E-state index is -1.18. The smallest absolute Gasteiger partial charge is 0.399 e. The van der Waals surface area contributed by atoms with Crippen molar-refractivity contribution >= 4 is 42.6 Å². The van der Waals surface area contributed by atoms with E-state index in [1.165, 1.54) is 0 Å². The SMILES string of the molecule is CC1(C)OB(c2ccnc3c2c2cc(C#N)ncc2n3COCC[Si](C)(C)C)OC1(C)C. The van der Waals surface area contributed by atoms with Crippen LogP contribution in [0, 0.1) is 11.3 Å². The monoisotopic (exact) mass is 450 g/mol. The quantitative estimate of drug-likeness (QED) is 0.416. The number of nitrogens with zero attached hydrogens (tertiary/aromatic N) is 4. The maximum absolute atomic E-state index is 9.44. The summed E-state index contributed by atoms with van der Waals surface area (Å²) in [6.45, 7) is 16.2. The van der Waals surface area contributed by atoms with Crippen molar-refractivity contribution in [3.63, 3.8) is 0 Å². The molecule has 0 unspecified atom stereocenters. The van der Waals surface area contributed by atoms with Crippen molar-refractivity contribution < 1.29 is 14.0 Å². The molecule has 168 valence electrons. The van der Waals surface area contributed by atoms with Gasteiger partial charge in [-0.2, -0.15) is 5.26 Å². The molecule has 9 heteroatoms. The molecule has 0 aromatic carbocycles. The number of pyridine rings is 2. The van der Waals surface area contributed by atoms with Crippen LogP contribution in [0.5, 0.6) is 0 Å². The Labute approximate surface area is 190 Å². The molecule has 0 bridgehead atoms. The van der Waals surface area contributed by atoms with Crippen LogP contribution in [0.2, 0.25) is 25.7 Å². The van der Waals surface area contributed by atoms with E-state index in [0.29, 0.717) is 19.0 Å². The molecule has 0 N–H and O–H groups in total. The van der Waals surface area contributed by atoms with E-state index in [4.69, 9.17) is 14.0 Å². The van der Waals surface area contributed by atoms with Crippen LogP contribution < -0.4 is 5.46 Å². The number of ether oxygens (including phenoxy) is 1. The minimum absolute atomic E-state index is 0.361. The molecule has 0 spiro atoms. The van der Waals surface area contributed by atoms with Crippen molar-refractivity contribution in [2.24, 2.45) is 0 Å². The molecule has 4 rings (SSSR count). The molecule has 3 aromatic rings. The second-order valence-corrected chi connectivity index (χ2v) is 16.3. The highest BCUT2D eigenvalue weighted by Crippen LogP contribution is 2.38. The van der Waals surface area contributed by atoms with E-state index in [1.807, 2.05) is 44.4 Å². The van der Waals surface area contributed by atoms with Crippen LogP contribution in [0.3, 0.4) is 0 Å². The molecule has 1 fully saturated rings. The van der Waals surface area contributed by atoms with Crippen LogP contribution in [0.25, 0.3) is 21.9 Å². The summed E-state index contributed by atoms with van der Waals surface area (Å²) in [5.41, 5.74) is 2.01. The molecule has 4 heterocycles. The Morgan fingerprint density at radius 1 is 1.16 bits per heavy atom. The maximum Gasteiger partial charge on any atom is 0.495 e. The highest BCUT2D eigenvalue weighted by Gasteiger charge is 2.52. The molecule has 1 aliphatic rings. The molecule has 1 saturated heterocycles. The van der Waals surface area contributed by atoms with Crippen molar-refractivity contribution in [3.05, 3.63) is 30.2 Å². The first kappa shape index (κ1) is 22.9. The molecule has 7 nitrogen and oxygen atoms in total. The summed E-state index contributed by atoms with van der Waals surface area (Å²) in [5.74, 6) is 0. The van der Waals surface area contributed by atoms with Gasteiger partial charge < -0.3 is 14.0 Å². The van der Waals surface area contributed by atoms with Gasteiger partial charge in [-0.05, 0) is 51.3 Å². The summed E-state index contributed by atoms with van der Waals surface area (Å²) in [7, 11) is -1.72. The van der Waals surface area contributed by atoms with Crippen LogP contribution in [0.1, 0.15) is 33.4 Å². The van der Waals surface area contributed by atoms with E-state index in [2.05, 4.69) is 35.7 Å². The van der Waals surface area contributed by atoms with Gasteiger partial charge in [0.15, 0.2) is 0 Å². The summed E-state index contributed by atoms with van der Waals surface area (Å²) in [6.07, 6.45) is 3.50. The van der Waals surface area contributed by atoms with Gasteiger partial charge in [-0.1, -0.05) is 19.6 Å². The van der Waals surface area contributed by atoms with Gasteiger partial charge in [0.25, 0.3) is 0 Å².